The molecule has 10 nitrogen and oxygen atoms in total. The van der Waals surface area contributed by atoms with E-state index in [-0.39, 0.29) is 6.03 Å². The largest absolute Gasteiger partial charge is 0.382 e. The van der Waals surface area contributed by atoms with E-state index in [0.29, 0.717) is 18.9 Å². The van der Waals surface area contributed by atoms with Crippen LogP contribution in [0.2, 0.25) is 0 Å². The molecular formula is C28H31N9O. The number of fused-ring (bicyclic) bond motifs is 2. The van der Waals surface area contributed by atoms with E-state index in [1.807, 2.05) is 27.4 Å². The Balaban J connectivity index is 1.23. The molecule has 6 rings (SSSR count). The first-order valence-corrected chi connectivity index (χ1v) is 12.9. The van der Waals surface area contributed by atoms with Gasteiger partial charge in [0.1, 0.15) is 11.8 Å². The third-order valence-electron chi connectivity index (χ3n) is 7.30. The Kier molecular flexibility index (Phi) is 6.38. The van der Waals surface area contributed by atoms with Crippen LogP contribution in [0, 0.1) is 0 Å². The third kappa shape index (κ3) is 4.78. The molecule has 2 aromatic carbocycles. The number of nitrogens with two attached hydrogens (primary N) is 2. The maximum absolute atomic E-state index is 11.4. The van der Waals surface area contributed by atoms with Gasteiger partial charge < -0.3 is 16.4 Å². The van der Waals surface area contributed by atoms with E-state index in [2.05, 4.69) is 57.6 Å². The van der Waals surface area contributed by atoms with Crippen molar-refractivity contribution in [2.45, 2.75) is 19.4 Å². The molecule has 1 aliphatic heterocycles. The average Bonchev–Trinajstić information content (AvgIpc) is 3.51. The van der Waals surface area contributed by atoms with Crippen LogP contribution in [-0.2, 0) is 13.0 Å². The Morgan fingerprint density at radius 2 is 1.82 bits per heavy atom. The summed E-state index contributed by atoms with van der Waals surface area (Å²) in [5, 5.41) is 10.5. The monoisotopic (exact) mass is 509 g/mol. The molecule has 4 N–H and O–H groups in total. The van der Waals surface area contributed by atoms with Gasteiger partial charge in [0.15, 0.2) is 5.82 Å². The van der Waals surface area contributed by atoms with Gasteiger partial charge in [-0.05, 0) is 42.6 Å². The molecule has 38 heavy (non-hydrogen) atoms. The molecule has 1 saturated heterocycles. The summed E-state index contributed by atoms with van der Waals surface area (Å²) in [5.74, 6) is 0.457. The lowest BCUT2D eigenvalue weighted by atomic mass is 10.0. The van der Waals surface area contributed by atoms with Crippen molar-refractivity contribution in [3.63, 3.8) is 0 Å². The molecule has 0 spiro atoms. The summed E-state index contributed by atoms with van der Waals surface area (Å²) in [5.41, 5.74) is 17.9. The summed E-state index contributed by atoms with van der Waals surface area (Å²) in [7, 11) is 0. The number of nitrogens with zero attached hydrogens (tertiary/aromatic N) is 7. The van der Waals surface area contributed by atoms with Gasteiger partial charge in [-0.2, -0.15) is 10.2 Å². The van der Waals surface area contributed by atoms with Crippen molar-refractivity contribution in [3.05, 3.63) is 78.4 Å². The number of hydrogen-bond donors (Lipinski definition) is 2. The Morgan fingerprint density at radius 3 is 2.61 bits per heavy atom. The van der Waals surface area contributed by atoms with Gasteiger partial charge in [-0.3, -0.25) is 9.58 Å². The number of carbonyl (C=O) groups is 1. The van der Waals surface area contributed by atoms with Crippen molar-refractivity contribution in [1.29, 1.82) is 0 Å². The Labute approximate surface area is 220 Å². The summed E-state index contributed by atoms with van der Waals surface area (Å²) in [6, 6.07) is 18.5. The standard InChI is InChI=1S/C28H31N9O/c29-27-26-24(21-8-9-22-18-36(33-25(22)15-21)17-20-5-2-1-3-6-20)16-23(37(26)32-19-31-27)7-4-10-34-11-13-35(14-12-34)28(30)38/h1-3,5-6,8-9,15-16,18-19H,4,7,10-14,17H2,(H2,30,38)(H2,29,31,32). The summed E-state index contributed by atoms with van der Waals surface area (Å²) < 4.78 is 3.90. The van der Waals surface area contributed by atoms with Crippen molar-refractivity contribution in [2.75, 3.05) is 38.5 Å². The quantitative estimate of drug-likeness (QED) is 0.348. The number of amides is 2. The maximum atomic E-state index is 11.4. The first-order chi connectivity index (χ1) is 18.5. The fourth-order valence-corrected chi connectivity index (χ4v) is 5.29. The molecule has 5 aromatic rings. The fourth-order valence-electron chi connectivity index (χ4n) is 5.29. The number of aromatic nitrogens is 5. The predicted molar refractivity (Wildman–Crippen MR) is 148 cm³/mol. The third-order valence-corrected chi connectivity index (χ3v) is 7.30. The van der Waals surface area contributed by atoms with Gasteiger partial charge in [-0.1, -0.05) is 42.5 Å². The zero-order valence-electron chi connectivity index (χ0n) is 21.2. The minimum absolute atomic E-state index is 0.338. The number of anilines is 1. The number of piperazine rings is 1. The zero-order chi connectivity index (χ0) is 26.1. The van der Waals surface area contributed by atoms with Gasteiger partial charge in [0.05, 0.1) is 12.1 Å². The van der Waals surface area contributed by atoms with Crippen molar-refractivity contribution in [2.24, 2.45) is 5.73 Å². The van der Waals surface area contributed by atoms with Crippen molar-refractivity contribution < 1.29 is 4.79 Å². The van der Waals surface area contributed by atoms with Crippen molar-refractivity contribution in [1.82, 2.24) is 34.2 Å². The summed E-state index contributed by atoms with van der Waals surface area (Å²) in [6.07, 6.45) is 5.40. The Bertz CT molecular complexity index is 1580. The van der Waals surface area contributed by atoms with Crippen LogP contribution < -0.4 is 11.5 Å². The summed E-state index contributed by atoms with van der Waals surface area (Å²) in [4.78, 5) is 19.7. The molecule has 0 atom stereocenters. The van der Waals surface area contributed by atoms with Gasteiger partial charge in [0.25, 0.3) is 0 Å². The normalized spacial score (nSPS) is 14.5. The smallest absolute Gasteiger partial charge is 0.314 e. The van der Waals surface area contributed by atoms with E-state index in [1.165, 1.54) is 11.9 Å². The lowest BCUT2D eigenvalue weighted by Gasteiger charge is -2.33. The van der Waals surface area contributed by atoms with Crippen LogP contribution in [0.25, 0.3) is 27.5 Å². The van der Waals surface area contributed by atoms with E-state index in [1.54, 1.807) is 4.90 Å². The van der Waals surface area contributed by atoms with Crippen molar-refractivity contribution >= 4 is 28.3 Å². The van der Waals surface area contributed by atoms with E-state index in [0.717, 1.165) is 72.3 Å². The first-order valence-electron chi connectivity index (χ1n) is 12.9. The van der Waals surface area contributed by atoms with Crippen LogP contribution >= 0.6 is 0 Å². The van der Waals surface area contributed by atoms with Crippen molar-refractivity contribution in [3.8, 4) is 11.1 Å². The number of benzene rings is 2. The number of hydrogen-bond acceptors (Lipinski definition) is 6. The molecule has 0 bridgehead atoms. The number of carbonyl (C=O) groups excluding carboxylic acids is 1. The molecule has 4 heterocycles. The minimum Gasteiger partial charge on any atom is -0.382 e. The molecular weight excluding hydrogens is 478 g/mol. The average molecular weight is 510 g/mol. The van der Waals surface area contributed by atoms with Crippen LogP contribution in [0.15, 0.2) is 67.1 Å². The highest BCUT2D eigenvalue weighted by Gasteiger charge is 2.20. The highest BCUT2D eigenvalue weighted by atomic mass is 16.2. The first kappa shape index (κ1) is 23.9. The molecule has 10 heteroatoms. The van der Waals surface area contributed by atoms with Gasteiger partial charge in [-0.15, -0.1) is 0 Å². The van der Waals surface area contributed by atoms with Crippen LogP contribution in [0.1, 0.15) is 17.7 Å². The highest BCUT2D eigenvalue weighted by molar-refractivity contribution is 5.92. The number of nitrogen functional groups attached to an aromatic ring is 1. The molecule has 1 fully saturated rings. The lowest BCUT2D eigenvalue weighted by molar-refractivity contribution is 0.144. The lowest BCUT2D eigenvalue weighted by Crippen LogP contribution is -2.50. The second kappa shape index (κ2) is 10.1. The van der Waals surface area contributed by atoms with Crippen LogP contribution in [0.5, 0.6) is 0 Å². The molecule has 0 radical (unpaired) electrons. The number of rotatable bonds is 7. The zero-order valence-corrected chi connectivity index (χ0v) is 21.2. The van der Waals surface area contributed by atoms with E-state index < -0.39 is 0 Å². The van der Waals surface area contributed by atoms with E-state index in [4.69, 9.17) is 16.6 Å². The molecule has 2 amide bonds. The van der Waals surface area contributed by atoms with Gasteiger partial charge in [0.2, 0.25) is 0 Å². The second-order valence-electron chi connectivity index (χ2n) is 9.81. The molecule has 194 valence electrons. The Morgan fingerprint density at radius 1 is 1.00 bits per heavy atom. The van der Waals surface area contributed by atoms with Crippen LogP contribution in [0.4, 0.5) is 10.6 Å². The van der Waals surface area contributed by atoms with Crippen LogP contribution in [-0.4, -0.2) is 72.9 Å². The maximum Gasteiger partial charge on any atom is 0.314 e. The number of urea groups is 1. The molecule has 0 saturated carbocycles. The summed E-state index contributed by atoms with van der Waals surface area (Å²) >= 11 is 0. The molecule has 3 aromatic heterocycles. The van der Waals surface area contributed by atoms with E-state index in [9.17, 15) is 4.79 Å². The van der Waals surface area contributed by atoms with Gasteiger partial charge in [-0.25, -0.2) is 14.3 Å². The Hall–Kier alpha value is -4.44. The summed E-state index contributed by atoms with van der Waals surface area (Å²) in [6.45, 7) is 4.72. The minimum atomic E-state index is -0.338. The van der Waals surface area contributed by atoms with Crippen LogP contribution in [0.3, 0.4) is 0 Å². The topological polar surface area (TPSA) is 124 Å². The fraction of sp³-hybridized carbons (Fsp3) is 0.286. The molecule has 0 aliphatic carbocycles. The van der Waals surface area contributed by atoms with E-state index >= 15 is 0 Å². The molecule has 1 aliphatic rings. The second-order valence-corrected chi connectivity index (χ2v) is 9.81. The SMILES string of the molecule is NC(=O)N1CCN(CCCc2cc(-c3ccc4cn(Cc5ccccc5)nc4c3)c3c(N)ncnn23)CC1. The number of aryl methyl sites for hydroxylation is 1. The molecule has 0 unspecified atom stereocenters. The number of primary amides is 1. The highest BCUT2D eigenvalue weighted by Crippen LogP contribution is 2.32. The van der Waals surface area contributed by atoms with Gasteiger partial charge in [0, 0.05) is 49.0 Å². The van der Waals surface area contributed by atoms with Gasteiger partial charge >= 0.3 is 6.03 Å². The predicted octanol–water partition coefficient (Wildman–Crippen LogP) is 3.01.